The SMILES string of the molecule is COc1cc([C@H](N)C(C)(C)C)cc(OC)c1O. The Bertz CT molecular complexity index is 371. The number of ether oxygens (including phenoxy) is 2. The standard InChI is InChI=1S/C13H21NO3/c1-13(2,3)12(14)8-6-9(16-4)11(15)10(7-8)17-5/h6-7,12,15H,14H2,1-5H3/t12-/m0/s1. The molecule has 17 heavy (non-hydrogen) atoms. The van der Waals surface area contributed by atoms with Gasteiger partial charge in [-0.1, -0.05) is 20.8 Å². The fraction of sp³-hybridized carbons (Fsp3) is 0.538. The maximum Gasteiger partial charge on any atom is 0.200 e. The first-order chi connectivity index (χ1) is 7.81. The third-order valence-corrected chi connectivity index (χ3v) is 2.79. The van der Waals surface area contributed by atoms with Crippen LogP contribution in [0.25, 0.3) is 0 Å². The molecule has 0 aliphatic carbocycles. The number of methoxy groups -OCH3 is 2. The van der Waals surface area contributed by atoms with Crippen LogP contribution in [0, 0.1) is 5.41 Å². The highest BCUT2D eigenvalue weighted by atomic mass is 16.5. The van der Waals surface area contributed by atoms with Crippen molar-refractivity contribution in [2.75, 3.05) is 14.2 Å². The first kappa shape index (κ1) is 13.6. The van der Waals surface area contributed by atoms with Crippen molar-refractivity contribution in [3.05, 3.63) is 17.7 Å². The Morgan fingerprint density at radius 3 is 1.82 bits per heavy atom. The van der Waals surface area contributed by atoms with E-state index in [2.05, 4.69) is 20.8 Å². The van der Waals surface area contributed by atoms with Crippen LogP contribution in [0.4, 0.5) is 0 Å². The molecule has 0 unspecified atom stereocenters. The molecule has 3 N–H and O–H groups in total. The minimum absolute atomic E-state index is 0.000130. The highest BCUT2D eigenvalue weighted by Crippen LogP contribution is 2.41. The van der Waals surface area contributed by atoms with Crippen molar-refractivity contribution in [3.63, 3.8) is 0 Å². The van der Waals surface area contributed by atoms with Crippen LogP contribution >= 0.6 is 0 Å². The summed E-state index contributed by atoms with van der Waals surface area (Å²) in [5, 5.41) is 9.81. The Labute approximate surface area is 102 Å². The van der Waals surface area contributed by atoms with Gasteiger partial charge in [0.15, 0.2) is 11.5 Å². The number of phenols is 1. The third kappa shape index (κ3) is 2.82. The molecule has 0 aromatic heterocycles. The molecule has 0 heterocycles. The summed E-state index contributed by atoms with van der Waals surface area (Å²) < 4.78 is 10.2. The Balaban J connectivity index is 3.27. The van der Waals surface area contributed by atoms with Crippen molar-refractivity contribution in [1.29, 1.82) is 0 Å². The Morgan fingerprint density at radius 2 is 1.53 bits per heavy atom. The zero-order chi connectivity index (χ0) is 13.2. The average molecular weight is 239 g/mol. The maximum atomic E-state index is 9.81. The number of hydrogen-bond donors (Lipinski definition) is 2. The van der Waals surface area contributed by atoms with E-state index in [0.29, 0.717) is 11.5 Å². The summed E-state index contributed by atoms with van der Waals surface area (Å²) in [4.78, 5) is 0. The van der Waals surface area contributed by atoms with E-state index in [1.54, 1.807) is 12.1 Å². The topological polar surface area (TPSA) is 64.7 Å². The van der Waals surface area contributed by atoms with Crippen LogP contribution in [0.2, 0.25) is 0 Å². The summed E-state index contributed by atoms with van der Waals surface area (Å²) in [6, 6.07) is 3.33. The van der Waals surface area contributed by atoms with Crippen LogP contribution < -0.4 is 15.2 Å². The Morgan fingerprint density at radius 1 is 1.12 bits per heavy atom. The highest BCUT2D eigenvalue weighted by molar-refractivity contribution is 5.53. The highest BCUT2D eigenvalue weighted by Gasteiger charge is 2.24. The van der Waals surface area contributed by atoms with Crippen molar-refractivity contribution >= 4 is 0 Å². The van der Waals surface area contributed by atoms with Gasteiger partial charge in [-0.25, -0.2) is 0 Å². The predicted octanol–water partition coefficient (Wildman–Crippen LogP) is 2.46. The predicted molar refractivity (Wildman–Crippen MR) is 67.6 cm³/mol. The molecule has 1 atom stereocenters. The molecule has 96 valence electrons. The van der Waals surface area contributed by atoms with Crippen molar-refractivity contribution in [3.8, 4) is 17.2 Å². The van der Waals surface area contributed by atoms with Gasteiger partial charge in [-0.2, -0.15) is 0 Å². The quantitative estimate of drug-likeness (QED) is 0.850. The lowest BCUT2D eigenvalue weighted by molar-refractivity contribution is 0.316. The smallest absolute Gasteiger partial charge is 0.200 e. The van der Waals surface area contributed by atoms with Crippen molar-refractivity contribution in [2.24, 2.45) is 11.1 Å². The number of rotatable bonds is 3. The fourth-order valence-corrected chi connectivity index (χ4v) is 1.59. The minimum Gasteiger partial charge on any atom is -0.502 e. The third-order valence-electron chi connectivity index (χ3n) is 2.79. The first-order valence-corrected chi connectivity index (χ1v) is 5.51. The number of hydrogen-bond acceptors (Lipinski definition) is 4. The normalized spacial score (nSPS) is 13.3. The van der Waals surface area contributed by atoms with Gasteiger partial charge in [0.05, 0.1) is 14.2 Å². The summed E-state index contributed by atoms with van der Waals surface area (Å²) in [7, 11) is 3.00. The Hall–Kier alpha value is -1.42. The fourth-order valence-electron chi connectivity index (χ4n) is 1.59. The minimum atomic E-state index is -0.161. The van der Waals surface area contributed by atoms with E-state index in [4.69, 9.17) is 15.2 Å². The lowest BCUT2D eigenvalue weighted by Gasteiger charge is -2.28. The molecule has 0 fully saturated rings. The monoisotopic (exact) mass is 239 g/mol. The number of phenolic OH excluding ortho intramolecular Hbond substituents is 1. The van der Waals surface area contributed by atoms with Crippen molar-refractivity contribution in [1.82, 2.24) is 0 Å². The van der Waals surface area contributed by atoms with E-state index in [1.807, 2.05) is 0 Å². The zero-order valence-electron chi connectivity index (χ0n) is 11.1. The molecule has 1 aromatic carbocycles. The molecular weight excluding hydrogens is 218 g/mol. The molecule has 0 bridgehead atoms. The van der Waals surface area contributed by atoms with Crippen LogP contribution in [-0.2, 0) is 0 Å². The molecule has 0 aliphatic heterocycles. The summed E-state index contributed by atoms with van der Waals surface area (Å²) in [6.45, 7) is 6.18. The second kappa shape index (κ2) is 4.84. The molecule has 0 radical (unpaired) electrons. The molecular formula is C13H21NO3. The van der Waals surface area contributed by atoms with E-state index >= 15 is 0 Å². The van der Waals surface area contributed by atoms with Gasteiger partial charge in [-0.3, -0.25) is 0 Å². The van der Waals surface area contributed by atoms with Gasteiger partial charge in [0.1, 0.15) is 0 Å². The van der Waals surface area contributed by atoms with Gasteiger partial charge in [-0.15, -0.1) is 0 Å². The van der Waals surface area contributed by atoms with E-state index in [0.717, 1.165) is 5.56 Å². The van der Waals surface area contributed by atoms with Gasteiger partial charge in [0.2, 0.25) is 5.75 Å². The van der Waals surface area contributed by atoms with Crippen LogP contribution in [0.3, 0.4) is 0 Å². The van der Waals surface area contributed by atoms with Crippen LogP contribution in [0.1, 0.15) is 32.4 Å². The summed E-state index contributed by atoms with van der Waals surface area (Å²) >= 11 is 0. The van der Waals surface area contributed by atoms with Gasteiger partial charge in [-0.05, 0) is 23.1 Å². The van der Waals surface area contributed by atoms with E-state index in [9.17, 15) is 5.11 Å². The number of benzene rings is 1. The first-order valence-electron chi connectivity index (χ1n) is 5.51. The summed E-state index contributed by atoms with van der Waals surface area (Å²) in [5.74, 6) is 0.748. The van der Waals surface area contributed by atoms with Gasteiger partial charge in [0.25, 0.3) is 0 Å². The van der Waals surface area contributed by atoms with Crippen LogP contribution in [0.15, 0.2) is 12.1 Å². The van der Waals surface area contributed by atoms with Crippen LogP contribution in [0.5, 0.6) is 17.2 Å². The lowest BCUT2D eigenvalue weighted by atomic mass is 9.83. The largest absolute Gasteiger partial charge is 0.502 e. The van der Waals surface area contributed by atoms with Gasteiger partial charge < -0.3 is 20.3 Å². The molecule has 0 saturated heterocycles. The molecule has 0 spiro atoms. The zero-order valence-corrected chi connectivity index (χ0v) is 11.1. The molecule has 4 nitrogen and oxygen atoms in total. The summed E-state index contributed by atoms with van der Waals surface area (Å²) in [6.07, 6.45) is 0. The molecule has 0 amide bonds. The van der Waals surface area contributed by atoms with E-state index < -0.39 is 0 Å². The Kier molecular flexibility index (Phi) is 3.88. The van der Waals surface area contributed by atoms with Gasteiger partial charge >= 0.3 is 0 Å². The van der Waals surface area contributed by atoms with Crippen molar-refractivity contribution in [2.45, 2.75) is 26.8 Å². The molecule has 1 aromatic rings. The molecule has 0 aliphatic rings. The number of aromatic hydroxyl groups is 1. The molecule has 0 saturated carbocycles. The average Bonchev–Trinajstić information content (AvgIpc) is 2.27. The van der Waals surface area contributed by atoms with Crippen LogP contribution in [-0.4, -0.2) is 19.3 Å². The maximum absolute atomic E-state index is 9.81. The van der Waals surface area contributed by atoms with Gasteiger partial charge in [0, 0.05) is 6.04 Å². The number of nitrogens with two attached hydrogens (primary N) is 1. The summed E-state index contributed by atoms with van der Waals surface area (Å²) in [5.41, 5.74) is 6.98. The van der Waals surface area contributed by atoms with E-state index in [-0.39, 0.29) is 17.2 Å². The molecule has 1 rings (SSSR count). The second-order valence-electron chi connectivity index (χ2n) is 5.12. The molecule has 4 heteroatoms. The second-order valence-corrected chi connectivity index (χ2v) is 5.12. The lowest BCUT2D eigenvalue weighted by Crippen LogP contribution is -2.26. The van der Waals surface area contributed by atoms with Crippen molar-refractivity contribution < 1.29 is 14.6 Å². The van der Waals surface area contributed by atoms with E-state index in [1.165, 1.54) is 14.2 Å².